The van der Waals surface area contributed by atoms with Gasteiger partial charge in [0, 0.05) is 6.42 Å². The number of piperidine rings is 1. The maximum atomic E-state index is 10.9. The maximum Gasteiger partial charge on any atom is 0.303 e. The molecule has 0 radical (unpaired) electrons. The van der Waals surface area contributed by atoms with Gasteiger partial charge in [-0.1, -0.05) is 20.8 Å². The lowest BCUT2D eigenvalue weighted by Crippen LogP contribution is -2.34. The first-order valence-electron chi connectivity index (χ1n) is 6.31. The zero-order valence-electron chi connectivity index (χ0n) is 10.8. The van der Waals surface area contributed by atoms with E-state index in [0.717, 1.165) is 32.4 Å². The summed E-state index contributed by atoms with van der Waals surface area (Å²) >= 11 is 0. The third-order valence-electron chi connectivity index (χ3n) is 3.36. The molecule has 0 spiro atoms. The zero-order valence-corrected chi connectivity index (χ0v) is 10.8. The van der Waals surface area contributed by atoms with Crippen molar-refractivity contribution in [2.24, 2.45) is 17.3 Å². The molecule has 1 rings (SSSR count). The van der Waals surface area contributed by atoms with Gasteiger partial charge in [0.2, 0.25) is 0 Å². The molecule has 1 aliphatic heterocycles. The second-order valence-electron chi connectivity index (χ2n) is 6.21. The van der Waals surface area contributed by atoms with Gasteiger partial charge in [0.1, 0.15) is 0 Å². The van der Waals surface area contributed by atoms with Crippen molar-refractivity contribution >= 4 is 5.97 Å². The quantitative estimate of drug-likeness (QED) is 0.776. The fourth-order valence-corrected chi connectivity index (χ4v) is 2.73. The molecule has 0 aromatic rings. The monoisotopic (exact) mass is 227 g/mol. The normalized spacial score (nSPS) is 20.7. The largest absolute Gasteiger partial charge is 0.481 e. The molecule has 0 aromatic heterocycles. The molecular formula is C13H25NO2. The first-order chi connectivity index (χ1) is 7.38. The van der Waals surface area contributed by atoms with Crippen molar-refractivity contribution in [2.45, 2.75) is 46.5 Å². The van der Waals surface area contributed by atoms with Crippen LogP contribution in [-0.2, 0) is 4.79 Å². The van der Waals surface area contributed by atoms with Crippen LogP contribution in [0.25, 0.3) is 0 Å². The van der Waals surface area contributed by atoms with E-state index < -0.39 is 5.97 Å². The highest BCUT2D eigenvalue weighted by atomic mass is 16.4. The van der Waals surface area contributed by atoms with Gasteiger partial charge in [0.05, 0.1) is 0 Å². The minimum absolute atomic E-state index is 0.227. The Morgan fingerprint density at radius 1 is 1.38 bits per heavy atom. The molecule has 2 N–H and O–H groups in total. The Balaban J connectivity index is 2.58. The molecule has 16 heavy (non-hydrogen) atoms. The van der Waals surface area contributed by atoms with Gasteiger partial charge in [-0.25, -0.2) is 0 Å². The smallest absolute Gasteiger partial charge is 0.303 e. The lowest BCUT2D eigenvalue weighted by atomic mass is 9.74. The molecule has 1 unspecified atom stereocenters. The van der Waals surface area contributed by atoms with Gasteiger partial charge in [0.25, 0.3) is 0 Å². The summed E-state index contributed by atoms with van der Waals surface area (Å²) in [5.41, 5.74) is 0.227. The van der Waals surface area contributed by atoms with E-state index in [9.17, 15) is 4.79 Å². The van der Waals surface area contributed by atoms with Crippen LogP contribution in [0, 0.1) is 17.3 Å². The van der Waals surface area contributed by atoms with Gasteiger partial charge in [-0.15, -0.1) is 0 Å². The van der Waals surface area contributed by atoms with Crippen LogP contribution >= 0.6 is 0 Å². The molecule has 1 atom stereocenters. The van der Waals surface area contributed by atoms with Crippen LogP contribution in [0.4, 0.5) is 0 Å². The highest BCUT2D eigenvalue weighted by Gasteiger charge is 2.29. The highest BCUT2D eigenvalue weighted by molar-refractivity contribution is 5.67. The van der Waals surface area contributed by atoms with E-state index in [1.807, 2.05) is 0 Å². The van der Waals surface area contributed by atoms with Crippen LogP contribution in [0.3, 0.4) is 0 Å². The average Bonchev–Trinajstić information content (AvgIpc) is 2.15. The van der Waals surface area contributed by atoms with Crippen molar-refractivity contribution in [1.29, 1.82) is 0 Å². The fourth-order valence-electron chi connectivity index (χ4n) is 2.73. The van der Waals surface area contributed by atoms with Gasteiger partial charge in [-0.05, 0) is 49.6 Å². The van der Waals surface area contributed by atoms with Gasteiger partial charge in [-0.3, -0.25) is 4.79 Å². The second-order valence-corrected chi connectivity index (χ2v) is 6.21. The molecule has 0 aliphatic carbocycles. The van der Waals surface area contributed by atoms with Crippen LogP contribution in [0.5, 0.6) is 0 Å². The standard InChI is InChI=1S/C13H25NO2/c1-13(2,3)9-11(8-12(15)16)10-4-6-14-7-5-10/h10-11,14H,4-9H2,1-3H3,(H,15,16). The molecule has 1 fully saturated rings. The molecule has 94 valence electrons. The molecule has 1 heterocycles. The zero-order chi connectivity index (χ0) is 12.2. The average molecular weight is 227 g/mol. The minimum atomic E-state index is -0.646. The van der Waals surface area contributed by atoms with E-state index in [4.69, 9.17) is 5.11 Å². The number of carbonyl (C=O) groups is 1. The van der Waals surface area contributed by atoms with E-state index in [2.05, 4.69) is 26.1 Å². The van der Waals surface area contributed by atoms with Gasteiger partial charge < -0.3 is 10.4 Å². The van der Waals surface area contributed by atoms with Crippen LogP contribution in [0.2, 0.25) is 0 Å². The summed E-state index contributed by atoms with van der Waals surface area (Å²) in [6, 6.07) is 0. The number of aliphatic carboxylic acids is 1. The van der Waals surface area contributed by atoms with Gasteiger partial charge >= 0.3 is 5.97 Å². The first kappa shape index (κ1) is 13.5. The van der Waals surface area contributed by atoms with Crippen LogP contribution in [-0.4, -0.2) is 24.2 Å². The van der Waals surface area contributed by atoms with Gasteiger partial charge in [0.15, 0.2) is 0 Å². The predicted molar refractivity (Wildman–Crippen MR) is 65.4 cm³/mol. The Hall–Kier alpha value is -0.570. The van der Waals surface area contributed by atoms with E-state index in [1.165, 1.54) is 0 Å². The third-order valence-corrected chi connectivity index (χ3v) is 3.36. The topological polar surface area (TPSA) is 49.3 Å². The summed E-state index contributed by atoms with van der Waals surface area (Å²) in [4.78, 5) is 10.9. The predicted octanol–water partition coefficient (Wildman–Crippen LogP) is 2.51. The summed E-state index contributed by atoms with van der Waals surface area (Å²) in [6.07, 6.45) is 3.62. The summed E-state index contributed by atoms with van der Waals surface area (Å²) in [7, 11) is 0. The Morgan fingerprint density at radius 3 is 2.38 bits per heavy atom. The second kappa shape index (κ2) is 5.67. The summed E-state index contributed by atoms with van der Waals surface area (Å²) in [5.74, 6) is 0.295. The number of carboxylic acid groups (broad SMARTS) is 1. The van der Waals surface area contributed by atoms with E-state index in [0.29, 0.717) is 18.3 Å². The van der Waals surface area contributed by atoms with Gasteiger partial charge in [-0.2, -0.15) is 0 Å². The Kier molecular flexibility index (Phi) is 4.78. The molecule has 3 nitrogen and oxygen atoms in total. The Bertz CT molecular complexity index is 227. The number of rotatable bonds is 4. The molecule has 0 amide bonds. The lowest BCUT2D eigenvalue weighted by molar-refractivity contribution is -0.139. The van der Waals surface area contributed by atoms with Crippen molar-refractivity contribution in [1.82, 2.24) is 5.32 Å². The van der Waals surface area contributed by atoms with Crippen molar-refractivity contribution in [2.75, 3.05) is 13.1 Å². The molecule has 0 aromatic carbocycles. The lowest BCUT2D eigenvalue weighted by Gasteiger charge is -2.34. The van der Waals surface area contributed by atoms with Crippen molar-refractivity contribution in [3.63, 3.8) is 0 Å². The molecule has 0 bridgehead atoms. The highest BCUT2D eigenvalue weighted by Crippen LogP contribution is 2.34. The van der Waals surface area contributed by atoms with Crippen LogP contribution in [0.15, 0.2) is 0 Å². The number of carboxylic acids is 1. The van der Waals surface area contributed by atoms with E-state index in [-0.39, 0.29) is 5.41 Å². The Morgan fingerprint density at radius 2 is 1.94 bits per heavy atom. The first-order valence-corrected chi connectivity index (χ1v) is 6.31. The molecule has 0 saturated carbocycles. The number of nitrogens with one attached hydrogen (secondary N) is 1. The maximum absolute atomic E-state index is 10.9. The third kappa shape index (κ3) is 4.97. The molecule has 1 aliphatic rings. The Labute approximate surface area is 98.6 Å². The number of hydrogen-bond donors (Lipinski definition) is 2. The summed E-state index contributed by atoms with van der Waals surface area (Å²) in [6.45, 7) is 8.69. The van der Waals surface area contributed by atoms with Crippen molar-refractivity contribution in [3.05, 3.63) is 0 Å². The number of hydrogen-bond acceptors (Lipinski definition) is 2. The molecule has 3 heteroatoms. The van der Waals surface area contributed by atoms with Crippen LogP contribution < -0.4 is 5.32 Å². The molecule has 1 saturated heterocycles. The minimum Gasteiger partial charge on any atom is -0.481 e. The SMILES string of the molecule is CC(C)(C)CC(CC(=O)O)C1CCNCC1. The van der Waals surface area contributed by atoms with Crippen molar-refractivity contribution in [3.8, 4) is 0 Å². The van der Waals surface area contributed by atoms with Crippen molar-refractivity contribution < 1.29 is 9.90 Å². The summed E-state index contributed by atoms with van der Waals surface area (Å²) in [5, 5.41) is 12.3. The van der Waals surface area contributed by atoms with Crippen LogP contribution in [0.1, 0.15) is 46.5 Å². The fraction of sp³-hybridized carbons (Fsp3) is 0.923. The van der Waals surface area contributed by atoms with E-state index >= 15 is 0 Å². The summed E-state index contributed by atoms with van der Waals surface area (Å²) < 4.78 is 0. The molecular weight excluding hydrogens is 202 g/mol. The van der Waals surface area contributed by atoms with E-state index in [1.54, 1.807) is 0 Å².